The van der Waals surface area contributed by atoms with Gasteiger partial charge in [0.05, 0.1) is 11.3 Å². The molecule has 0 aliphatic carbocycles. The zero-order valence-electron chi connectivity index (χ0n) is 19.1. The van der Waals surface area contributed by atoms with Crippen molar-refractivity contribution in [3.05, 3.63) is 70.3 Å². The summed E-state index contributed by atoms with van der Waals surface area (Å²) in [5.41, 5.74) is 11.6. The Balaban J connectivity index is 1.92. The molecule has 3 N–H and O–H groups in total. The van der Waals surface area contributed by atoms with Gasteiger partial charge in [0.2, 0.25) is 5.91 Å². The number of aryl methyl sites for hydroxylation is 2. The fraction of sp³-hybridized carbons (Fsp3) is 0.231. The van der Waals surface area contributed by atoms with E-state index in [0.29, 0.717) is 22.1 Å². The standard InChI is InChI=1S/C26H25N5OS/c1-15(2)18-6-8-19(9-7-18)24-20(12-27)25(29)31-26(21(24)13-28)33-14-23(32)30-22-10-5-16(3)11-17(22)4/h5-11,15H,14H2,1-4H3,(H2,29,31)(H,30,32). The van der Waals surface area contributed by atoms with Gasteiger partial charge in [-0.2, -0.15) is 10.5 Å². The Morgan fingerprint density at radius 3 is 2.33 bits per heavy atom. The topological polar surface area (TPSA) is 116 Å². The van der Waals surface area contributed by atoms with Gasteiger partial charge in [-0.05, 0) is 42.5 Å². The van der Waals surface area contributed by atoms with E-state index in [1.54, 1.807) is 0 Å². The zero-order valence-corrected chi connectivity index (χ0v) is 19.9. The fourth-order valence-electron chi connectivity index (χ4n) is 3.50. The summed E-state index contributed by atoms with van der Waals surface area (Å²) in [6.07, 6.45) is 0. The average Bonchev–Trinajstić information content (AvgIpc) is 2.79. The molecule has 0 radical (unpaired) electrons. The first kappa shape index (κ1) is 23.8. The van der Waals surface area contributed by atoms with E-state index < -0.39 is 0 Å². The van der Waals surface area contributed by atoms with Crippen molar-refractivity contribution in [2.24, 2.45) is 0 Å². The maximum Gasteiger partial charge on any atom is 0.234 e. The molecule has 0 bridgehead atoms. The molecule has 0 aliphatic heterocycles. The first-order valence-corrected chi connectivity index (χ1v) is 11.5. The Bertz CT molecular complexity index is 1280. The first-order valence-electron chi connectivity index (χ1n) is 10.5. The van der Waals surface area contributed by atoms with Gasteiger partial charge in [-0.3, -0.25) is 4.79 Å². The minimum atomic E-state index is -0.219. The lowest BCUT2D eigenvalue weighted by atomic mass is 9.94. The van der Waals surface area contributed by atoms with Gasteiger partial charge >= 0.3 is 0 Å². The summed E-state index contributed by atoms with van der Waals surface area (Å²) in [6, 6.07) is 17.8. The van der Waals surface area contributed by atoms with Gasteiger partial charge < -0.3 is 11.1 Å². The molecular weight excluding hydrogens is 430 g/mol. The largest absolute Gasteiger partial charge is 0.383 e. The summed E-state index contributed by atoms with van der Waals surface area (Å²) >= 11 is 1.12. The molecule has 7 heteroatoms. The Hall–Kier alpha value is -3.81. The Kier molecular flexibility index (Phi) is 7.37. The molecule has 0 fully saturated rings. The maximum absolute atomic E-state index is 12.6. The van der Waals surface area contributed by atoms with E-state index in [1.807, 2.05) is 56.3 Å². The number of rotatable bonds is 6. The van der Waals surface area contributed by atoms with Crippen molar-refractivity contribution in [3.63, 3.8) is 0 Å². The number of nitrogen functional groups attached to an aromatic ring is 1. The molecule has 2 aromatic carbocycles. The minimum Gasteiger partial charge on any atom is -0.383 e. The number of pyridine rings is 1. The molecule has 0 atom stereocenters. The predicted octanol–water partition coefficient (Wildman–Crippen LogP) is 5.55. The van der Waals surface area contributed by atoms with Crippen LogP contribution >= 0.6 is 11.8 Å². The molecule has 3 aromatic rings. The van der Waals surface area contributed by atoms with Gasteiger partial charge in [-0.15, -0.1) is 0 Å². The maximum atomic E-state index is 12.6. The third kappa shape index (κ3) is 5.34. The molecule has 0 spiro atoms. The number of nitrogens with zero attached hydrogens (tertiary/aromatic N) is 3. The van der Waals surface area contributed by atoms with Gasteiger partial charge in [-0.25, -0.2) is 4.98 Å². The van der Waals surface area contributed by atoms with Crippen LogP contribution in [0.4, 0.5) is 11.5 Å². The van der Waals surface area contributed by atoms with Crippen LogP contribution in [0.15, 0.2) is 47.5 Å². The third-order valence-corrected chi connectivity index (χ3v) is 6.25. The summed E-state index contributed by atoms with van der Waals surface area (Å²) in [5, 5.41) is 22.8. The normalized spacial score (nSPS) is 10.5. The molecule has 3 rings (SSSR count). The third-order valence-electron chi connectivity index (χ3n) is 5.28. The van der Waals surface area contributed by atoms with Crippen molar-refractivity contribution in [3.8, 4) is 23.3 Å². The lowest BCUT2D eigenvalue weighted by molar-refractivity contribution is -0.113. The molecule has 0 saturated carbocycles. The summed E-state index contributed by atoms with van der Waals surface area (Å²) in [7, 11) is 0. The van der Waals surface area contributed by atoms with E-state index in [1.165, 1.54) is 0 Å². The smallest absolute Gasteiger partial charge is 0.234 e. The quantitative estimate of drug-likeness (QED) is 0.471. The van der Waals surface area contributed by atoms with Crippen molar-refractivity contribution >= 4 is 29.2 Å². The highest BCUT2D eigenvalue weighted by Gasteiger charge is 2.21. The monoisotopic (exact) mass is 455 g/mol. The van der Waals surface area contributed by atoms with Crippen LogP contribution in [-0.4, -0.2) is 16.6 Å². The van der Waals surface area contributed by atoms with Crippen LogP contribution in [-0.2, 0) is 4.79 Å². The van der Waals surface area contributed by atoms with Gasteiger partial charge in [0.25, 0.3) is 0 Å². The zero-order chi connectivity index (χ0) is 24.1. The number of anilines is 2. The average molecular weight is 456 g/mol. The van der Waals surface area contributed by atoms with Gasteiger partial charge in [0.15, 0.2) is 0 Å². The van der Waals surface area contributed by atoms with Crippen LogP contribution in [0.3, 0.4) is 0 Å². The Morgan fingerprint density at radius 1 is 1.09 bits per heavy atom. The van der Waals surface area contributed by atoms with E-state index in [2.05, 4.69) is 36.3 Å². The van der Waals surface area contributed by atoms with Crippen molar-refractivity contribution in [2.75, 3.05) is 16.8 Å². The lowest BCUT2D eigenvalue weighted by Crippen LogP contribution is -2.15. The number of carbonyl (C=O) groups excluding carboxylic acids is 1. The summed E-state index contributed by atoms with van der Waals surface area (Å²) in [6.45, 7) is 8.12. The van der Waals surface area contributed by atoms with Crippen LogP contribution in [0.5, 0.6) is 0 Å². The molecule has 0 saturated heterocycles. The van der Waals surface area contributed by atoms with Crippen LogP contribution < -0.4 is 11.1 Å². The highest BCUT2D eigenvalue weighted by molar-refractivity contribution is 8.00. The fourth-order valence-corrected chi connectivity index (χ4v) is 4.29. The molecule has 1 amide bonds. The number of nitrogens with two attached hydrogens (primary N) is 1. The molecular formula is C26H25N5OS. The van der Waals surface area contributed by atoms with E-state index >= 15 is 0 Å². The van der Waals surface area contributed by atoms with E-state index in [4.69, 9.17) is 5.73 Å². The highest BCUT2D eigenvalue weighted by Crippen LogP contribution is 2.36. The van der Waals surface area contributed by atoms with Gasteiger partial charge in [-0.1, -0.05) is 67.6 Å². The number of hydrogen-bond donors (Lipinski definition) is 2. The number of hydrogen-bond acceptors (Lipinski definition) is 6. The molecule has 0 aliphatic rings. The Morgan fingerprint density at radius 2 is 1.76 bits per heavy atom. The molecule has 1 heterocycles. The number of thioether (sulfide) groups is 1. The second kappa shape index (κ2) is 10.2. The second-order valence-corrected chi connectivity index (χ2v) is 9.05. The van der Waals surface area contributed by atoms with Crippen molar-refractivity contribution in [1.82, 2.24) is 4.98 Å². The number of benzene rings is 2. The van der Waals surface area contributed by atoms with Crippen LogP contribution in [0.2, 0.25) is 0 Å². The SMILES string of the molecule is Cc1ccc(NC(=O)CSc2nc(N)c(C#N)c(-c3ccc(C(C)C)cc3)c2C#N)c(C)c1. The predicted molar refractivity (Wildman–Crippen MR) is 133 cm³/mol. The van der Waals surface area contributed by atoms with Crippen LogP contribution in [0.1, 0.15) is 47.6 Å². The lowest BCUT2D eigenvalue weighted by Gasteiger charge is -2.14. The first-order chi connectivity index (χ1) is 15.7. The van der Waals surface area contributed by atoms with Crippen molar-refractivity contribution in [2.45, 2.75) is 38.6 Å². The van der Waals surface area contributed by atoms with Gasteiger partial charge in [0, 0.05) is 11.3 Å². The number of carbonyl (C=O) groups is 1. The highest BCUT2D eigenvalue weighted by atomic mass is 32.2. The minimum absolute atomic E-state index is 0.0386. The van der Waals surface area contributed by atoms with Crippen molar-refractivity contribution < 1.29 is 4.79 Å². The second-order valence-electron chi connectivity index (χ2n) is 8.08. The number of aromatic nitrogens is 1. The molecule has 33 heavy (non-hydrogen) atoms. The summed E-state index contributed by atoms with van der Waals surface area (Å²) in [5.74, 6) is 0.223. The molecule has 0 unspecified atom stereocenters. The summed E-state index contributed by atoms with van der Waals surface area (Å²) < 4.78 is 0. The van der Waals surface area contributed by atoms with Crippen LogP contribution in [0, 0.1) is 36.5 Å². The summed E-state index contributed by atoms with van der Waals surface area (Å²) in [4.78, 5) is 16.8. The molecule has 1 aromatic heterocycles. The number of nitriles is 2. The van der Waals surface area contributed by atoms with Gasteiger partial charge in [0.1, 0.15) is 28.5 Å². The molecule has 6 nitrogen and oxygen atoms in total. The van der Waals surface area contributed by atoms with E-state index in [0.717, 1.165) is 34.1 Å². The number of amides is 1. The molecule has 166 valence electrons. The van der Waals surface area contributed by atoms with Crippen molar-refractivity contribution in [1.29, 1.82) is 10.5 Å². The number of nitrogens with one attached hydrogen (secondary N) is 1. The van der Waals surface area contributed by atoms with E-state index in [-0.39, 0.29) is 28.6 Å². The van der Waals surface area contributed by atoms with Crippen LogP contribution in [0.25, 0.3) is 11.1 Å². The Labute approximate surface area is 198 Å². The van der Waals surface area contributed by atoms with E-state index in [9.17, 15) is 15.3 Å².